The number of ether oxygens (including phenoxy) is 1. The van der Waals surface area contributed by atoms with Crippen LogP contribution in [0.3, 0.4) is 0 Å². The van der Waals surface area contributed by atoms with Gasteiger partial charge >= 0.3 is 0 Å². The number of anilines is 5. The Morgan fingerprint density at radius 2 is 1.97 bits per heavy atom. The van der Waals surface area contributed by atoms with Crippen LogP contribution in [-0.2, 0) is 4.79 Å². The summed E-state index contributed by atoms with van der Waals surface area (Å²) >= 11 is 0. The van der Waals surface area contributed by atoms with Crippen LogP contribution in [0.15, 0.2) is 42.7 Å². The number of fused-ring (bicyclic) bond motifs is 1. The Morgan fingerprint density at radius 3 is 2.68 bits per heavy atom. The zero-order chi connectivity index (χ0) is 27.0. The lowest BCUT2D eigenvalue weighted by molar-refractivity contribution is -0.131. The summed E-state index contributed by atoms with van der Waals surface area (Å²) < 4.78 is 20.6. The number of amides is 2. The molecule has 3 aromatic heterocycles. The van der Waals surface area contributed by atoms with Crippen LogP contribution in [0.1, 0.15) is 49.9 Å². The molecule has 1 unspecified atom stereocenters. The lowest BCUT2D eigenvalue weighted by Crippen LogP contribution is -2.51. The molecule has 198 valence electrons. The van der Waals surface area contributed by atoms with Crippen molar-refractivity contribution < 1.29 is 18.7 Å². The molecule has 1 fully saturated rings. The van der Waals surface area contributed by atoms with Gasteiger partial charge in [0.25, 0.3) is 11.8 Å². The molecule has 5 rings (SSSR count). The van der Waals surface area contributed by atoms with Crippen molar-refractivity contribution in [3.63, 3.8) is 0 Å². The van der Waals surface area contributed by atoms with Crippen LogP contribution >= 0.6 is 0 Å². The molecule has 1 aliphatic heterocycles. The molecule has 11 nitrogen and oxygen atoms in total. The van der Waals surface area contributed by atoms with Gasteiger partial charge in [-0.15, -0.1) is 0 Å². The Balaban J connectivity index is 1.43. The third-order valence-electron chi connectivity index (χ3n) is 6.67. The van der Waals surface area contributed by atoms with Crippen molar-refractivity contribution >= 4 is 40.8 Å². The highest BCUT2D eigenvalue weighted by molar-refractivity contribution is 6.06. The molecule has 6 N–H and O–H groups in total. The van der Waals surface area contributed by atoms with Crippen LogP contribution < -0.4 is 31.7 Å². The van der Waals surface area contributed by atoms with Gasteiger partial charge in [-0.2, -0.15) is 0 Å². The highest BCUT2D eigenvalue weighted by atomic mass is 19.1. The van der Waals surface area contributed by atoms with Gasteiger partial charge in [-0.25, -0.2) is 24.2 Å². The Hall–Kier alpha value is -4.32. The third-order valence-corrected chi connectivity index (χ3v) is 6.67. The molecule has 2 aliphatic rings. The quantitative estimate of drug-likeness (QED) is 0.382. The first-order chi connectivity index (χ1) is 18.1. The lowest BCUT2D eigenvalue weighted by atomic mass is 9.91. The molecule has 3 aromatic rings. The normalized spacial score (nSPS) is 20.3. The van der Waals surface area contributed by atoms with Crippen molar-refractivity contribution in [3.8, 4) is 5.75 Å². The van der Waals surface area contributed by atoms with E-state index in [1.54, 1.807) is 44.3 Å². The molecule has 4 heterocycles. The smallest absolute Gasteiger partial charge is 0.277 e. The maximum atomic E-state index is 14.8. The van der Waals surface area contributed by atoms with E-state index in [1.807, 2.05) is 0 Å². The van der Waals surface area contributed by atoms with Crippen molar-refractivity contribution in [2.75, 3.05) is 15.5 Å². The van der Waals surface area contributed by atoms with Crippen molar-refractivity contribution in [2.24, 2.45) is 11.5 Å². The molecule has 2 amide bonds. The van der Waals surface area contributed by atoms with Crippen molar-refractivity contribution in [2.45, 2.75) is 57.2 Å². The van der Waals surface area contributed by atoms with Gasteiger partial charge in [-0.3, -0.25) is 9.59 Å². The van der Waals surface area contributed by atoms with Crippen LogP contribution in [0.4, 0.5) is 33.3 Å². The minimum atomic E-state index is -1.12. The van der Waals surface area contributed by atoms with E-state index in [0.29, 0.717) is 23.1 Å². The van der Waals surface area contributed by atoms with Gasteiger partial charge in [0.2, 0.25) is 0 Å². The van der Waals surface area contributed by atoms with E-state index in [1.165, 1.54) is 11.1 Å². The number of hydrogen-bond acceptors (Lipinski definition) is 9. The highest BCUT2D eigenvalue weighted by Gasteiger charge is 2.43. The Kier molecular flexibility index (Phi) is 6.57. The number of carbonyl (C=O) groups excluding carboxylic acids is 2. The molecule has 2 atom stereocenters. The number of hydrogen-bond donors (Lipinski definition) is 4. The predicted molar refractivity (Wildman–Crippen MR) is 140 cm³/mol. The highest BCUT2D eigenvalue weighted by Crippen LogP contribution is 2.39. The molecule has 1 saturated carbocycles. The maximum Gasteiger partial charge on any atom is 0.277 e. The van der Waals surface area contributed by atoms with E-state index in [4.69, 9.17) is 16.2 Å². The molecule has 0 saturated heterocycles. The number of nitrogens with two attached hydrogens (primary N) is 2. The molecular formula is C26H29FN8O3. The molecular weight excluding hydrogens is 491 g/mol. The van der Waals surface area contributed by atoms with Crippen molar-refractivity contribution in [1.82, 2.24) is 15.0 Å². The fourth-order valence-corrected chi connectivity index (χ4v) is 4.64. The second-order valence-corrected chi connectivity index (χ2v) is 9.89. The number of pyridine rings is 3. The molecule has 38 heavy (non-hydrogen) atoms. The number of nitrogens with zero attached hydrogens (tertiary/aromatic N) is 4. The topological polar surface area (TPSA) is 161 Å². The summed E-state index contributed by atoms with van der Waals surface area (Å²) in [6, 6.07) is 7.52. The largest absolute Gasteiger partial charge is 0.474 e. The minimum Gasteiger partial charge on any atom is -0.474 e. The first-order valence-electron chi connectivity index (χ1n) is 12.4. The van der Waals surface area contributed by atoms with Crippen LogP contribution in [-0.4, -0.2) is 44.5 Å². The zero-order valence-electron chi connectivity index (χ0n) is 21.1. The average molecular weight is 521 g/mol. The maximum absolute atomic E-state index is 14.8. The summed E-state index contributed by atoms with van der Waals surface area (Å²) in [5.74, 6) is -0.705. The first-order valence-corrected chi connectivity index (χ1v) is 12.4. The number of nitrogens with one attached hydrogen (secondary N) is 2. The Morgan fingerprint density at radius 1 is 1.18 bits per heavy atom. The SMILES string of the molecule is CC1(C)Oc2cccnc2N(c2ccc(Nc3nc(NC4CCCC[C@@H]4N)c(F)cc3C(N)=O)cn2)C1=O. The summed E-state index contributed by atoms with van der Waals surface area (Å²) in [6.45, 7) is 3.34. The fourth-order valence-electron chi connectivity index (χ4n) is 4.64. The predicted octanol–water partition coefficient (Wildman–Crippen LogP) is 3.37. The molecule has 0 radical (unpaired) electrons. The van der Waals surface area contributed by atoms with Crippen LogP contribution in [0, 0.1) is 5.82 Å². The third kappa shape index (κ3) is 4.82. The number of rotatable bonds is 6. The van der Waals surface area contributed by atoms with E-state index in [-0.39, 0.29) is 35.2 Å². The van der Waals surface area contributed by atoms with Crippen LogP contribution in [0.25, 0.3) is 0 Å². The number of carbonyl (C=O) groups is 2. The summed E-state index contributed by atoms with van der Waals surface area (Å²) in [5, 5.41) is 6.07. The molecule has 12 heteroatoms. The zero-order valence-corrected chi connectivity index (χ0v) is 21.1. The number of halogens is 1. The van der Waals surface area contributed by atoms with Gasteiger partial charge in [0.15, 0.2) is 28.8 Å². The molecule has 0 aromatic carbocycles. The van der Waals surface area contributed by atoms with Crippen LogP contribution in [0.2, 0.25) is 0 Å². The van der Waals surface area contributed by atoms with Crippen LogP contribution in [0.5, 0.6) is 5.75 Å². The summed E-state index contributed by atoms with van der Waals surface area (Å²) in [7, 11) is 0. The summed E-state index contributed by atoms with van der Waals surface area (Å²) in [4.78, 5) is 39.6. The summed E-state index contributed by atoms with van der Waals surface area (Å²) in [5.41, 5.74) is 10.9. The van der Waals surface area contributed by atoms with Gasteiger partial charge in [-0.05, 0) is 57.0 Å². The number of aromatic nitrogens is 3. The van der Waals surface area contributed by atoms with Gasteiger partial charge < -0.3 is 26.8 Å². The second kappa shape index (κ2) is 9.86. The van der Waals surface area contributed by atoms with E-state index >= 15 is 0 Å². The van der Waals surface area contributed by atoms with E-state index in [0.717, 1.165) is 31.7 Å². The van der Waals surface area contributed by atoms with Crippen molar-refractivity contribution in [3.05, 3.63) is 54.1 Å². The second-order valence-electron chi connectivity index (χ2n) is 9.89. The van der Waals surface area contributed by atoms with Gasteiger partial charge in [0.05, 0.1) is 17.4 Å². The van der Waals surface area contributed by atoms with Gasteiger partial charge in [0.1, 0.15) is 11.6 Å². The minimum absolute atomic E-state index is 0.0201. The average Bonchev–Trinajstić information content (AvgIpc) is 2.88. The van der Waals surface area contributed by atoms with E-state index in [2.05, 4.69) is 25.6 Å². The van der Waals surface area contributed by atoms with Crippen molar-refractivity contribution in [1.29, 1.82) is 0 Å². The summed E-state index contributed by atoms with van der Waals surface area (Å²) in [6.07, 6.45) is 6.68. The van der Waals surface area contributed by atoms with E-state index < -0.39 is 17.3 Å². The lowest BCUT2D eigenvalue weighted by Gasteiger charge is -2.37. The van der Waals surface area contributed by atoms with Gasteiger partial charge in [0, 0.05) is 18.3 Å². The molecule has 0 spiro atoms. The fraction of sp³-hybridized carbons (Fsp3) is 0.346. The van der Waals surface area contributed by atoms with E-state index in [9.17, 15) is 14.0 Å². The standard InChI is InChI=1S/C26H29FN8O3/c1-26(2)25(37)35(24-19(38-26)8-5-11-30-24)20-10-9-14(13-31-20)32-22-15(21(29)36)12-16(27)23(34-22)33-18-7-4-3-6-17(18)28/h5,8-13,17-18H,3-4,6-7,28H2,1-2H3,(H2,29,36)(H2,32,33,34)/t17-,18?/m0/s1. The monoisotopic (exact) mass is 520 g/mol. The Bertz CT molecular complexity index is 1380. The molecule has 0 bridgehead atoms. The first kappa shape index (κ1) is 25.3. The number of primary amides is 1. The van der Waals surface area contributed by atoms with Gasteiger partial charge in [-0.1, -0.05) is 12.8 Å². The molecule has 1 aliphatic carbocycles. The Labute approximate surface area is 218 Å².